The topological polar surface area (TPSA) is 155 Å². The number of esters is 1. The Kier molecular flexibility index (Phi) is 10.6. The summed E-state index contributed by atoms with van der Waals surface area (Å²) in [6.45, 7) is -0.184. The molecule has 6 aromatic carbocycles. The molecule has 10 rings (SSSR count). The van der Waals surface area contributed by atoms with Crippen molar-refractivity contribution in [1.29, 1.82) is 0 Å². The molecule has 3 aliphatic heterocycles. The van der Waals surface area contributed by atoms with E-state index in [1.54, 1.807) is 19.2 Å². The van der Waals surface area contributed by atoms with Crippen LogP contribution in [0.5, 0.6) is 11.5 Å². The van der Waals surface area contributed by atoms with E-state index >= 15 is 14.4 Å². The second-order valence-corrected chi connectivity index (χ2v) is 16.0. The molecule has 1 spiro atoms. The van der Waals surface area contributed by atoms with Crippen molar-refractivity contribution < 1.29 is 33.7 Å². The van der Waals surface area contributed by atoms with Gasteiger partial charge in [0.05, 0.1) is 49.3 Å². The van der Waals surface area contributed by atoms with Crippen molar-refractivity contribution in [3.63, 3.8) is 0 Å². The molecule has 7 aromatic rings. The molecule has 4 N–H and O–H groups in total. The van der Waals surface area contributed by atoms with Gasteiger partial charge in [-0.15, -0.1) is 0 Å². The first-order valence-corrected chi connectivity index (χ1v) is 21.1. The number of anilines is 1. The van der Waals surface area contributed by atoms with Gasteiger partial charge >= 0.3 is 5.97 Å². The molecule has 0 aliphatic carbocycles. The highest BCUT2D eigenvalue weighted by atomic mass is 16.6. The molecule has 2 saturated heterocycles. The minimum Gasteiger partial charge on any atom is -0.497 e. The van der Waals surface area contributed by atoms with Crippen LogP contribution in [0.3, 0.4) is 0 Å². The number of nitrogens with zero attached hydrogens (tertiary/aromatic N) is 2. The zero-order valence-electron chi connectivity index (χ0n) is 34.7. The Hall–Kier alpha value is -7.72. The predicted octanol–water partition coefficient (Wildman–Crippen LogP) is 6.93. The average molecular weight is 850 g/mol. The van der Waals surface area contributed by atoms with Gasteiger partial charge in [-0.3, -0.25) is 19.3 Å². The number of ether oxygens (including phenoxy) is 3. The number of hydrogen-bond acceptors (Lipinski definition) is 9. The Morgan fingerprint density at radius 1 is 0.797 bits per heavy atom. The second kappa shape index (κ2) is 16.9. The SMILES string of the molecule is COc1ccc(C#Cc2ccc3c(c2)C2(C(=O)N3)C(C(=O)NCc3nc4ccccc4[nH]3)C3C(=O)OC(c4ccccc4)C(c4ccccc4)N3C2c2cccc(OCCO)c2)cc1. The summed E-state index contributed by atoms with van der Waals surface area (Å²) in [5, 5.41) is 16.0. The normalized spacial score (nSPS) is 22.2. The van der Waals surface area contributed by atoms with Crippen molar-refractivity contribution in [2.24, 2.45) is 5.92 Å². The fourth-order valence-corrected chi connectivity index (χ4v) is 9.80. The Labute approximate surface area is 369 Å². The number of amides is 2. The summed E-state index contributed by atoms with van der Waals surface area (Å²) in [6, 6.07) is 44.1. The lowest BCUT2D eigenvalue weighted by Crippen LogP contribution is -2.54. The van der Waals surface area contributed by atoms with Gasteiger partial charge in [-0.2, -0.15) is 0 Å². The van der Waals surface area contributed by atoms with E-state index in [1.807, 2.05) is 144 Å². The van der Waals surface area contributed by atoms with Crippen LogP contribution in [0, 0.1) is 17.8 Å². The number of fused-ring (bicyclic) bond motifs is 4. The second-order valence-electron chi connectivity index (χ2n) is 16.0. The predicted molar refractivity (Wildman–Crippen MR) is 239 cm³/mol. The van der Waals surface area contributed by atoms with Crippen LogP contribution >= 0.6 is 0 Å². The number of rotatable bonds is 10. The number of H-pyrrole nitrogens is 1. The fraction of sp³-hybridized carbons (Fsp3) is 0.192. The number of cyclic esters (lactones) is 1. The van der Waals surface area contributed by atoms with Crippen LogP contribution in [0.4, 0.5) is 5.69 Å². The van der Waals surface area contributed by atoms with Gasteiger partial charge in [-0.05, 0) is 89.0 Å². The van der Waals surface area contributed by atoms with Gasteiger partial charge in [0, 0.05) is 16.8 Å². The van der Waals surface area contributed by atoms with E-state index in [1.165, 1.54) is 0 Å². The van der Waals surface area contributed by atoms with E-state index in [-0.39, 0.29) is 19.8 Å². The lowest BCUT2D eigenvalue weighted by molar-refractivity contribution is -0.178. The third kappa shape index (κ3) is 7.01. The Morgan fingerprint density at radius 2 is 1.50 bits per heavy atom. The van der Waals surface area contributed by atoms with Gasteiger partial charge in [-0.25, -0.2) is 4.98 Å². The van der Waals surface area contributed by atoms with Gasteiger partial charge in [0.2, 0.25) is 11.8 Å². The molecule has 6 atom stereocenters. The molecule has 12 nitrogen and oxygen atoms in total. The molecule has 4 heterocycles. The number of aliphatic hydroxyl groups is 1. The molecule has 0 radical (unpaired) electrons. The minimum atomic E-state index is -1.75. The maximum absolute atomic E-state index is 15.6. The maximum Gasteiger partial charge on any atom is 0.324 e. The summed E-state index contributed by atoms with van der Waals surface area (Å²) in [6.07, 6.45) is -0.830. The number of carbonyl (C=O) groups excluding carboxylic acids is 3. The molecule has 1 aromatic heterocycles. The zero-order valence-corrected chi connectivity index (χ0v) is 34.7. The molecular weight excluding hydrogens is 807 g/mol. The highest BCUT2D eigenvalue weighted by Crippen LogP contribution is 2.65. The maximum atomic E-state index is 15.6. The van der Waals surface area contributed by atoms with E-state index in [9.17, 15) is 5.11 Å². The van der Waals surface area contributed by atoms with E-state index in [2.05, 4.69) is 27.5 Å². The lowest BCUT2D eigenvalue weighted by Gasteiger charge is -2.46. The summed E-state index contributed by atoms with van der Waals surface area (Å²) in [5.74, 6) is 5.20. The number of morpholine rings is 1. The molecule has 0 saturated carbocycles. The number of nitrogens with one attached hydrogen (secondary N) is 3. The number of aliphatic hydroxyl groups excluding tert-OH is 1. The molecule has 2 fully saturated rings. The van der Waals surface area contributed by atoms with Gasteiger partial charge in [-0.1, -0.05) is 96.8 Å². The molecule has 3 aliphatic rings. The van der Waals surface area contributed by atoms with Crippen LogP contribution in [-0.2, 0) is 31.1 Å². The van der Waals surface area contributed by atoms with E-state index < -0.39 is 53.3 Å². The fourth-order valence-electron chi connectivity index (χ4n) is 9.80. The smallest absolute Gasteiger partial charge is 0.324 e. The number of hydrogen-bond donors (Lipinski definition) is 4. The van der Waals surface area contributed by atoms with Crippen LogP contribution in [0.15, 0.2) is 152 Å². The number of imidazole rings is 1. The first-order valence-electron chi connectivity index (χ1n) is 21.1. The van der Waals surface area contributed by atoms with Crippen LogP contribution in [0.1, 0.15) is 57.4 Å². The molecule has 2 amide bonds. The van der Waals surface area contributed by atoms with Crippen LogP contribution < -0.4 is 20.1 Å². The number of aromatic nitrogens is 2. The van der Waals surface area contributed by atoms with Crippen LogP contribution in [0.25, 0.3) is 11.0 Å². The molecular formula is C52H43N5O7. The van der Waals surface area contributed by atoms with E-state index in [0.717, 1.165) is 27.7 Å². The van der Waals surface area contributed by atoms with Gasteiger partial charge < -0.3 is 34.9 Å². The molecule has 12 heteroatoms. The molecule has 0 bridgehead atoms. The number of aromatic amines is 1. The van der Waals surface area contributed by atoms with Crippen molar-refractivity contribution in [3.05, 3.63) is 191 Å². The number of para-hydroxylation sites is 2. The Bertz CT molecular complexity index is 2910. The van der Waals surface area contributed by atoms with Gasteiger partial charge in [0.25, 0.3) is 0 Å². The van der Waals surface area contributed by atoms with Gasteiger partial charge in [0.1, 0.15) is 41.5 Å². The number of benzene rings is 6. The summed E-state index contributed by atoms with van der Waals surface area (Å²) in [5.41, 5.74) is 4.35. The molecule has 6 unspecified atom stereocenters. The largest absolute Gasteiger partial charge is 0.497 e. The first kappa shape index (κ1) is 40.4. The summed E-state index contributed by atoms with van der Waals surface area (Å²) < 4.78 is 17.9. The standard InChI is InChI=1S/C52H43N5O7/c1-62-37-24-21-32(22-25-37)19-20-33-23-26-40-39(29-33)52(51(61)56-40)44(49(59)53-31-43-54-41-17-8-9-18-42(41)55-43)46-50(60)64-47(35-13-6-3-7-14-35)45(34-11-4-2-5-12-34)57(46)48(52)36-15-10-16-38(30-36)63-28-27-58/h2-18,21-26,29-30,44-48,58H,27-28,31H2,1H3,(H,53,59)(H,54,55)(H,56,61). The van der Waals surface area contributed by atoms with Crippen molar-refractivity contribution in [3.8, 4) is 23.3 Å². The van der Waals surface area contributed by atoms with Gasteiger partial charge in [0.15, 0.2) is 0 Å². The molecule has 64 heavy (non-hydrogen) atoms. The van der Waals surface area contributed by atoms with Crippen molar-refractivity contribution in [2.75, 3.05) is 25.6 Å². The third-order valence-corrected chi connectivity index (χ3v) is 12.4. The highest BCUT2D eigenvalue weighted by Gasteiger charge is 2.74. The summed E-state index contributed by atoms with van der Waals surface area (Å²) >= 11 is 0. The Balaban J connectivity index is 1.20. The van der Waals surface area contributed by atoms with E-state index in [4.69, 9.17) is 19.2 Å². The van der Waals surface area contributed by atoms with Crippen molar-refractivity contribution in [2.45, 2.75) is 36.2 Å². The third-order valence-electron chi connectivity index (χ3n) is 12.4. The first-order chi connectivity index (χ1) is 31.4. The number of carbonyl (C=O) groups is 3. The van der Waals surface area contributed by atoms with Crippen molar-refractivity contribution >= 4 is 34.5 Å². The van der Waals surface area contributed by atoms with Crippen LogP contribution in [-0.4, -0.2) is 64.1 Å². The van der Waals surface area contributed by atoms with E-state index in [0.29, 0.717) is 39.7 Å². The monoisotopic (exact) mass is 849 g/mol. The minimum absolute atomic E-state index is 0.00633. The highest BCUT2D eigenvalue weighted by molar-refractivity contribution is 6.12. The number of methoxy groups -OCH3 is 1. The van der Waals surface area contributed by atoms with Crippen molar-refractivity contribution in [1.82, 2.24) is 20.2 Å². The zero-order chi connectivity index (χ0) is 43.8. The quantitative estimate of drug-likeness (QED) is 0.0848. The molecule has 318 valence electrons. The average Bonchev–Trinajstić information content (AvgIpc) is 4.00. The van der Waals surface area contributed by atoms with Crippen LogP contribution in [0.2, 0.25) is 0 Å². The summed E-state index contributed by atoms with van der Waals surface area (Å²) in [7, 11) is 1.60. The lowest BCUT2D eigenvalue weighted by atomic mass is 9.65. The summed E-state index contributed by atoms with van der Waals surface area (Å²) in [4.78, 5) is 56.3. The Morgan fingerprint density at radius 3 is 2.25 bits per heavy atom.